The maximum Gasteiger partial charge on any atom is 0.389 e. The average molecular weight is 318 g/mol. The molecule has 0 radical (unpaired) electrons. The maximum atomic E-state index is 12.0. The number of nitrogens with one attached hydrogen (secondary N) is 1. The van der Waals surface area contributed by atoms with Crippen molar-refractivity contribution < 1.29 is 18.0 Å². The zero-order chi connectivity index (χ0) is 15.9. The Morgan fingerprint density at radius 1 is 1.29 bits per heavy atom. The second-order valence-electron chi connectivity index (χ2n) is 4.65. The summed E-state index contributed by atoms with van der Waals surface area (Å²) < 4.78 is 36.0. The third-order valence-corrected chi connectivity index (χ3v) is 3.16. The van der Waals surface area contributed by atoms with Gasteiger partial charge in [0.15, 0.2) is 0 Å². The highest BCUT2D eigenvalue weighted by Crippen LogP contribution is 2.20. The van der Waals surface area contributed by atoms with E-state index in [1.807, 2.05) is 30.3 Å². The molecule has 0 spiro atoms. The molecule has 0 saturated carbocycles. The normalized spacial score (nSPS) is 12.7. The van der Waals surface area contributed by atoms with Crippen LogP contribution in [0.25, 0.3) is 0 Å². The molecule has 0 saturated heterocycles. The minimum absolute atomic E-state index is 0.0344. The van der Waals surface area contributed by atoms with E-state index in [1.165, 1.54) is 0 Å². The lowest BCUT2D eigenvalue weighted by Crippen LogP contribution is -2.39. The van der Waals surface area contributed by atoms with Crippen molar-refractivity contribution in [1.29, 1.82) is 0 Å². The molecule has 116 valence electrons. The monoisotopic (exact) mass is 318 g/mol. The van der Waals surface area contributed by atoms with E-state index in [0.29, 0.717) is 6.42 Å². The molecule has 1 rings (SSSR count). The number of carbonyl (C=O) groups excluding carboxylic acids is 1. The number of benzene rings is 1. The fraction of sp³-hybridized carbons (Fsp3) is 0.429. The van der Waals surface area contributed by atoms with Crippen molar-refractivity contribution in [1.82, 2.24) is 5.32 Å². The van der Waals surface area contributed by atoms with E-state index in [4.69, 9.17) is 18.0 Å². The molecule has 1 atom stereocenters. The lowest BCUT2D eigenvalue weighted by molar-refractivity contribution is -0.136. The number of hydrogen-bond donors (Lipinski definition) is 2. The summed E-state index contributed by atoms with van der Waals surface area (Å²) in [4.78, 5) is 12.0. The van der Waals surface area contributed by atoms with Crippen molar-refractivity contribution in [3.8, 4) is 0 Å². The van der Waals surface area contributed by atoms with Crippen LogP contribution in [-0.2, 0) is 11.2 Å². The van der Waals surface area contributed by atoms with Crippen LogP contribution in [0.15, 0.2) is 30.3 Å². The SMILES string of the molecule is NC(=S)C(Cc1ccccc1)C(=O)NCCCC(F)(F)F. The summed E-state index contributed by atoms with van der Waals surface area (Å²) in [6, 6.07) is 9.17. The van der Waals surface area contributed by atoms with Gasteiger partial charge < -0.3 is 11.1 Å². The summed E-state index contributed by atoms with van der Waals surface area (Å²) in [6.07, 6.45) is -4.97. The number of rotatable bonds is 7. The van der Waals surface area contributed by atoms with Gasteiger partial charge in [-0.05, 0) is 18.4 Å². The van der Waals surface area contributed by atoms with Gasteiger partial charge in [0, 0.05) is 13.0 Å². The highest BCUT2D eigenvalue weighted by molar-refractivity contribution is 7.80. The molecule has 3 N–H and O–H groups in total. The molecule has 0 aliphatic carbocycles. The smallest absolute Gasteiger partial charge is 0.389 e. The van der Waals surface area contributed by atoms with Crippen molar-refractivity contribution in [3.63, 3.8) is 0 Å². The first-order chi connectivity index (χ1) is 9.79. The highest BCUT2D eigenvalue weighted by atomic mass is 32.1. The second-order valence-corrected chi connectivity index (χ2v) is 5.13. The van der Waals surface area contributed by atoms with E-state index >= 15 is 0 Å². The predicted octanol–water partition coefficient (Wildman–Crippen LogP) is 2.59. The van der Waals surface area contributed by atoms with Crippen LogP contribution in [0.4, 0.5) is 13.2 Å². The first-order valence-electron chi connectivity index (χ1n) is 6.47. The van der Waals surface area contributed by atoms with Gasteiger partial charge in [-0.3, -0.25) is 4.79 Å². The van der Waals surface area contributed by atoms with Gasteiger partial charge >= 0.3 is 6.18 Å². The Morgan fingerprint density at radius 2 is 1.90 bits per heavy atom. The van der Waals surface area contributed by atoms with Crippen LogP contribution < -0.4 is 11.1 Å². The summed E-state index contributed by atoms with van der Waals surface area (Å²) in [5.74, 6) is -1.15. The Kier molecular flexibility index (Phi) is 6.61. The van der Waals surface area contributed by atoms with Gasteiger partial charge in [-0.15, -0.1) is 0 Å². The van der Waals surface area contributed by atoms with E-state index in [2.05, 4.69) is 5.32 Å². The van der Waals surface area contributed by atoms with Gasteiger partial charge in [0.2, 0.25) is 5.91 Å². The minimum Gasteiger partial charge on any atom is -0.393 e. The Morgan fingerprint density at radius 3 is 2.43 bits per heavy atom. The molecule has 1 aromatic carbocycles. The molecule has 1 unspecified atom stereocenters. The van der Waals surface area contributed by atoms with Crippen molar-refractivity contribution in [2.75, 3.05) is 6.54 Å². The predicted molar refractivity (Wildman–Crippen MR) is 78.7 cm³/mol. The van der Waals surface area contributed by atoms with Crippen LogP contribution in [0.5, 0.6) is 0 Å². The van der Waals surface area contributed by atoms with Gasteiger partial charge in [0.05, 0.1) is 10.9 Å². The van der Waals surface area contributed by atoms with Gasteiger partial charge in [-0.25, -0.2) is 0 Å². The van der Waals surface area contributed by atoms with Gasteiger partial charge in [0.25, 0.3) is 0 Å². The topological polar surface area (TPSA) is 55.1 Å². The van der Waals surface area contributed by atoms with Crippen molar-refractivity contribution in [3.05, 3.63) is 35.9 Å². The van der Waals surface area contributed by atoms with Crippen LogP contribution >= 0.6 is 12.2 Å². The zero-order valence-corrected chi connectivity index (χ0v) is 12.1. The molecule has 0 heterocycles. The lowest BCUT2D eigenvalue weighted by atomic mass is 9.98. The number of thiocarbonyl (C=S) groups is 1. The molecule has 0 aliphatic rings. The van der Waals surface area contributed by atoms with Crippen LogP contribution in [0.2, 0.25) is 0 Å². The van der Waals surface area contributed by atoms with Crippen LogP contribution in [0.3, 0.4) is 0 Å². The lowest BCUT2D eigenvalue weighted by Gasteiger charge is -2.16. The molecule has 1 amide bonds. The number of amides is 1. The number of alkyl halides is 3. The fourth-order valence-corrected chi connectivity index (χ4v) is 1.99. The first-order valence-corrected chi connectivity index (χ1v) is 6.88. The molecule has 1 aromatic rings. The van der Waals surface area contributed by atoms with Gasteiger partial charge in [-0.1, -0.05) is 42.5 Å². The van der Waals surface area contributed by atoms with E-state index < -0.39 is 24.4 Å². The average Bonchev–Trinajstić information content (AvgIpc) is 2.40. The van der Waals surface area contributed by atoms with Crippen molar-refractivity contribution in [2.45, 2.75) is 25.4 Å². The first kappa shape index (κ1) is 17.4. The van der Waals surface area contributed by atoms with Crippen LogP contribution in [0, 0.1) is 5.92 Å². The van der Waals surface area contributed by atoms with E-state index in [9.17, 15) is 18.0 Å². The largest absolute Gasteiger partial charge is 0.393 e. The number of halogens is 3. The Labute approximate surface area is 126 Å². The molecular formula is C14H17F3N2OS. The number of nitrogens with two attached hydrogens (primary N) is 1. The van der Waals surface area contributed by atoms with Crippen LogP contribution in [0.1, 0.15) is 18.4 Å². The van der Waals surface area contributed by atoms with Crippen molar-refractivity contribution in [2.24, 2.45) is 11.7 Å². The minimum atomic E-state index is -4.21. The Hall–Kier alpha value is -1.63. The molecule has 7 heteroatoms. The summed E-state index contributed by atoms with van der Waals surface area (Å²) >= 11 is 4.87. The molecular weight excluding hydrogens is 301 g/mol. The maximum absolute atomic E-state index is 12.0. The summed E-state index contributed by atoms with van der Waals surface area (Å²) in [5, 5.41) is 2.45. The van der Waals surface area contributed by atoms with E-state index in [-0.39, 0.29) is 18.0 Å². The zero-order valence-electron chi connectivity index (χ0n) is 11.3. The molecule has 0 bridgehead atoms. The fourth-order valence-electron chi connectivity index (χ4n) is 1.80. The molecule has 0 fully saturated rings. The van der Waals surface area contributed by atoms with Crippen LogP contribution in [-0.4, -0.2) is 23.6 Å². The second kappa shape index (κ2) is 7.97. The van der Waals surface area contributed by atoms with E-state index in [0.717, 1.165) is 5.56 Å². The third kappa shape index (κ3) is 7.08. The number of hydrogen-bond acceptors (Lipinski definition) is 2. The standard InChI is InChI=1S/C14H17F3N2OS/c15-14(16,17)7-4-8-19-13(20)11(12(18)21)9-10-5-2-1-3-6-10/h1-3,5-6,11H,4,7-9H2,(H2,18,21)(H,19,20). The van der Waals surface area contributed by atoms with Gasteiger partial charge in [0.1, 0.15) is 0 Å². The number of carbonyl (C=O) groups is 1. The van der Waals surface area contributed by atoms with E-state index in [1.54, 1.807) is 0 Å². The summed E-state index contributed by atoms with van der Waals surface area (Å²) in [6.45, 7) is -0.0494. The third-order valence-electron chi connectivity index (χ3n) is 2.88. The summed E-state index contributed by atoms with van der Waals surface area (Å²) in [7, 11) is 0. The van der Waals surface area contributed by atoms with Crippen molar-refractivity contribution >= 4 is 23.1 Å². The van der Waals surface area contributed by atoms with Gasteiger partial charge in [-0.2, -0.15) is 13.2 Å². The summed E-state index contributed by atoms with van der Waals surface area (Å²) in [5.41, 5.74) is 6.44. The molecule has 3 nitrogen and oxygen atoms in total. The quantitative estimate of drug-likeness (QED) is 0.600. The highest BCUT2D eigenvalue weighted by Gasteiger charge is 2.26. The molecule has 0 aliphatic heterocycles. The molecule has 21 heavy (non-hydrogen) atoms. The Balaban J connectivity index is 2.49. The molecule has 0 aromatic heterocycles. The Bertz CT molecular complexity index is 477.